The Morgan fingerprint density at radius 3 is 2.90 bits per heavy atom. The highest BCUT2D eigenvalue weighted by Gasteiger charge is 2.13. The summed E-state index contributed by atoms with van der Waals surface area (Å²) in [6, 6.07) is 5.10. The van der Waals surface area contributed by atoms with Crippen LogP contribution >= 0.6 is 11.6 Å². The number of carbonyl (C=O) groups is 1. The predicted molar refractivity (Wildman–Crippen MR) is 76.6 cm³/mol. The molecule has 6 nitrogen and oxygen atoms in total. The summed E-state index contributed by atoms with van der Waals surface area (Å²) in [6.07, 6.45) is 3.05. The van der Waals surface area contributed by atoms with Gasteiger partial charge in [0.2, 0.25) is 0 Å². The lowest BCUT2D eigenvalue weighted by Gasteiger charge is -2.08. The number of hydrogen-bond acceptors (Lipinski definition) is 5. The number of nitrogens with zero attached hydrogens (tertiary/aromatic N) is 3. The molecule has 0 aliphatic heterocycles. The van der Waals surface area contributed by atoms with E-state index >= 15 is 0 Å². The van der Waals surface area contributed by atoms with Gasteiger partial charge in [0, 0.05) is 12.7 Å². The Morgan fingerprint density at radius 2 is 2.20 bits per heavy atom. The van der Waals surface area contributed by atoms with Crippen LogP contribution in [0.2, 0.25) is 5.02 Å². The summed E-state index contributed by atoms with van der Waals surface area (Å²) in [5, 5.41) is 6.07. The average molecular weight is 292 g/mol. The zero-order valence-electron chi connectivity index (χ0n) is 10.9. The maximum Gasteiger partial charge on any atom is 0.271 e. The van der Waals surface area contributed by atoms with Crippen molar-refractivity contribution in [2.75, 3.05) is 11.9 Å². The summed E-state index contributed by atoms with van der Waals surface area (Å²) in [7, 11) is 0. The number of nitrogens with one attached hydrogen (secondary N) is 2. The summed E-state index contributed by atoms with van der Waals surface area (Å²) in [4.78, 5) is 24.1. The van der Waals surface area contributed by atoms with Crippen LogP contribution in [0.1, 0.15) is 23.1 Å². The summed E-state index contributed by atoms with van der Waals surface area (Å²) < 4.78 is 0. The van der Waals surface area contributed by atoms with E-state index in [0.717, 1.165) is 6.54 Å². The van der Waals surface area contributed by atoms with E-state index in [1.807, 2.05) is 6.92 Å². The van der Waals surface area contributed by atoms with Crippen molar-refractivity contribution >= 4 is 23.3 Å². The Morgan fingerprint density at radius 1 is 1.35 bits per heavy atom. The van der Waals surface area contributed by atoms with Crippen molar-refractivity contribution in [3.05, 3.63) is 47.1 Å². The maximum atomic E-state index is 12.1. The molecule has 7 heteroatoms. The molecule has 0 fully saturated rings. The Kier molecular flexibility index (Phi) is 4.84. The molecule has 0 spiro atoms. The zero-order chi connectivity index (χ0) is 14.4. The zero-order valence-corrected chi connectivity index (χ0v) is 11.7. The fourth-order valence-electron chi connectivity index (χ4n) is 1.56. The quantitative estimate of drug-likeness (QED) is 0.879. The lowest BCUT2D eigenvalue weighted by atomic mass is 10.3. The van der Waals surface area contributed by atoms with Crippen LogP contribution in [0.5, 0.6) is 0 Å². The van der Waals surface area contributed by atoms with Crippen LogP contribution in [0, 0.1) is 0 Å². The van der Waals surface area contributed by atoms with Gasteiger partial charge in [0.25, 0.3) is 5.91 Å². The van der Waals surface area contributed by atoms with E-state index in [0.29, 0.717) is 23.1 Å². The highest BCUT2D eigenvalue weighted by Crippen LogP contribution is 2.16. The molecule has 0 aromatic carbocycles. The lowest BCUT2D eigenvalue weighted by molar-refractivity contribution is 0.0945. The number of hydrogen-bond donors (Lipinski definition) is 2. The fraction of sp³-hybridized carbons (Fsp3) is 0.231. The maximum absolute atomic E-state index is 12.1. The molecule has 0 saturated carbocycles. The van der Waals surface area contributed by atoms with Crippen LogP contribution in [0.25, 0.3) is 0 Å². The smallest absolute Gasteiger partial charge is 0.271 e. The molecule has 2 rings (SSSR count). The van der Waals surface area contributed by atoms with Gasteiger partial charge in [0.05, 0.1) is 17.3 Å². The van der Waals surface area contributed by atoms with Crippen molar-refractivity contribution in [2.24, 2.45) is 0 Å². The highest BCUT2D eigenvalue weighted by atomic mass is 35.5. The summed E-state index contributed by atoms with van der Waals surface area (Å²) in [5.74, 6) is 0.275. The Balaban J connectivity index is 2.06. The molecule has 0 aliphatic carbocycles. The molecular weight excluding hydrogens is 278 g/mol. The van der Waals surface area contributed by atoms with Crippen molar-refractivity contribution in [1.82, 2.24) is 20.3 Å². The SMILES string of the molecule is CCNc1ccc(Cl)c(C(=O)NCc2ccncn2)n1. The normalized spacial score (nSPS) is 10.1. The van der Waals surface area contributed by atoms with Crippen LogP contribution < -0.4 is 10.6 Å². The molecule has 0 saturated heterocycles. The molecule has 20 heavy (non-hydrogen) atoms. The second kappa shape index (κ2) is 6.81. The third kappa shape index (κ3) is 3.64. The van der Waals surface area contributed by atoms with Crippen molar-refractivity contribution in [2.45, 2.75) is 13.5 Å². The average Bonchev–Trinajstić information content (AvgIpc) is 2.48. The number of pyridine rings is 1. The molecular formula is C13H14ClN5O. The van der Waals surface area contributed by atoms with Gasteiger partial charge in [-0.2, -0.15) is 0 Å². The van der Waals surface area contributed by atoms with Gasteiger partial charge < -0.3 is 10.6 Å². The fourth-order valence-corrected chi connectivity index (χ4v) is 1.75. The summed E-state index contributed by atoms with van der Waals surface area (Å²) >= 11 is 6.00. The molecule has 2 aromatic rings. The van der Waals surface area contributed by atoms with E-state index in [4.69, 9.17) is 11.6 Å². The first kappa shape index (κ1) is 14.2. The molecule has 1 amide bonds. The van der Waals surface area contributed by atoms with Gasteiger partial charge in [-0.25, -0.2) is 15.0 Å². The Labute approximate surface area is 121 Å². The van der Waals surface area contributed by atoms with Crippen LogP contribution in [0.4, 0.5) is 5.82 Å². The van der Waals surface area contributed by atoms with Gasteiger partial charge in [-0.15, -0.1) is 0 Å². The third-order valence-electron chi connectivity index (χ3n) is 2.49. The molecule has 104 valence electrons. The van der Waals surface area contributed by atoms with Crippen molar-refractivity contribution in [3.8, 4) is 0 Å². The third-order valence-corrected chi connectivity index (χ3v) is 2.80. The van der Waals surface area contributed by atoms with Gasteiger partial charge in [0.1, 0.15) is 17.8 Å². The summed E-state index contributed by atoms with van der Waals surface area (Å²) in [6.45, 7) is 2.96. The number of amides is 1. The molecule has 0 bridgehead atoms. The minimum atomic E-state index is -0.339. The van der Waals surface area contributed by atoms with Gasteiger partial charge in [-0.1, -0.05) is 11.6 Å². The van der Waals surface area contributed by atoms with Gasteiger partial charge in [-0.05, 0) is 25.1 Å². The number of rotatable bonds is 5. The van der Waals surface area contributed by atoms with Crippen LogP contribution in [0.3, 0.4) is 0 Å². The lowest BCUT2D eigenvalue weighted by Crippen LogP contribution is -2.25. The van der Waals surface area contributed by atoms with Crippen LogP contribution in [0.15, 0.2) is 30.7 Å². The topological polar surface area (TPSA) is 79.8 Å². The number of carbonyl (C=O) groups excluding carboxylic acids is 1. The minimum Gasteiger partial charge on any atom is -0.370 e. The molecule has 2 heterocycles. The molecule has 0 atom stereocenters. The first-order valence-electron chi connectivity index (χ1n) is 6.14. The highest BCUT2D eigenvalue weighted by molar-refractivity contribution is 6.33. The number of anilines is 1. The van der Waals surface area contributed by atoms with E-state index < -0.39 is 0 Å². The van der Waals surface area contributed by atoms with E-state index in [-0.39, 0.29) is 11.6 Å². The van der Waals surface area contributed by atoms with E-state index in [9.17, 15) is 4.79 Å². The molecule has 0 radical (unpaired) electrons. The summed E-state index contributed by atoms with van der Waals surface area (Å²) in [5.41, 5.74) is 0.909. The Bertz CT molecular complexity index is 591. The Hall–Kier alpha value is -2.21. The van der Waals surface area contributed by atoms with Crippen LogP contribution in [-0.2, 0) is 6.54 Å². The molecule has 0 aliphatic rings. The second-order valence-corrected chi connectivity index (χ2v) is 4.35. The first-order valence-corrected chi connectivity index (χ1v) is 6.52. The van der Waals surface area contributed by atoms with Crippen molar-refractivity contribution < 1.29 is 4.79 Å². The predicted octanol–water partition coefficient (Wildman–Crippen LogP) is 1.89. The van der Waals surface area contributed by atoms with E-state index in [2.05, 4.69) is 25.6 Å². The molecule has 2 N–H and O–H groups in total. The molecule has 0 unspecified atom stereocenters. The number of aromatic nitrogens is 3. The number of halogens is 1. The van der Waals surface area contributed by atoms with E-state index in [1.165, 1.54) is 6.33 Å². The second-order valence-electron chi connectivity index (χ2n) is 3.94. The standard InChI is InChI=1S/C13H14ClN5O/c1-2-16-11-4-3-10(14)12(19-11)13(20)17-7-9-5-6-15-8-18-9/h3-6,8H,2,7H2,1H3,(H,16,19)(H,17,20). The van der Waals surface area contributed by atoms with E-state index in [1.54, 1.807) is 24.4 Å². The van der Waals surface area contributed by atoms with Gasteiger partial charge in [-0.3, -0.25) is 4.79 Å². The minimum absolute atomic E-state index is 0.194. The first-order chi connectivity index (χ1) is 9.70. The van der Waals surface area contributed by atoms with Crippen molar-refractivity contribution in [3.63, 3.8) is 0 Å². The largest absolute Gasteiger partial charge is 0.370 e. The van der Waals surface area contributed by atoms with Crippen LogP contribution in [-0.4, -0.2) is 27.4 Å². The van der Waals surface area contributed by atoms with Gasteiger partial charge >= 0.3 is 0 Å². The van der Waals surface area contributed by atoms with Gasteiger partial charge in [0.15, 0.2) is 0 Å². The molecule has 2 aromatic heterocycles. The van der Waals surface area contributed by atoms with Crippen molar-refractivity contribution in [1.29, 1.82) is 0 Å². The monoisotopic (exact) mass is 291 g/mol.